The van der Waals surface area contributed by atoms with Gasteiger partial charge in [0.2, 0.25) is 0 Å². The molecule has 1 aromatic rings. The number of pyridine rings is 1. The number of carbonyl (C=O) groups is 1. The van der Waals surface area contributed by atoms with Gasteiger partial charge in [-0.3, -0.25) is 4.98 Å². The number of hydrogen-bond donors (Lipinski definition) is 1. The molecule has 3 rings (SSSR count). The van der Waals surface area contributed by atoms with E-state index in [-0.39, 0.29) is 12.2 Å². The first-order valence-electron chi connectivity index (χ1n) is 9.56. The highest BCUT2D eigenvalue weighted by Gasteiger charge is 2.24. The Kier molecular flexibility index (Phi) is 6.50. The first-order chi connectivity index (χ1) is 12.6. The van der Waals surface area contributed by atoms with Gasteiger partial charge < -0.3 is 19.7 Å². The molecule has 0 bridgehead atoms. The van der Waals surface area contributed by atoms with Gasteiger partial charge in [0, 0.05) is 19.6 Å². The molecule has 3 heterocycles. The van der Waals surface area contributed by atoms with Crippen LogP contribution in [0.1, 0.15) is 38.8 Å². The van der Waals surface area contributed by atoms with E-state index in [2.05, 4.69) is 16.4 Å². The van der Waals surface area contributed by atoms with Crippen molar-refractivity contribution in [2.75, 3.05) is 32.8 Å². The van der Waals surface area contributed by atoms with E-state index in [1.165, 1.54) is 5.57 Å². The largest absolute Gasteiger partial charge is 0.492 e. The number of aromatic nitrogens is 1. The third-order valence-electron chi connectivity index (χ3n) is 4.82. The van der Waals surface area contributed by atoms with Crippen molar-refractivity contribution in [3.05, 3.63) is 30.1 Å². The van der Waals surface area contributed by atoms with Crippen LogP contribution in [0.4, 0.5) is 4.79 Å². The zero-order valence-corrected chi connectivity index (χ0v) is 15.7. The zero-order valence-electron chi connectivity index (χ0n) is 15.7. The highest BCUT2D eigenvalue weighted by molar-refractivity contribution is 5.67. The van der Waals surface area contributed by atoms with Crippen LogP contribution in [0.15, 0.2) is 24.4 Å². The van der Waals surface area contributed by atoms with E-state index in [0.717, 1.165) is 56.9 Å². The third-order valence-corrected chi connectivity index (χ3v) is 4.82. The van der Waals surface area contributed by atoms with Gasteiger partial charge >= 0.3 is 6.09 Å². The lowest BCUT2D eigenvalue weighted by Gasteiger charge is -2.31. The highest BCUT2D eigenvalue weighted by Crippen LogP contribution is 2.22. The van der Waals surface area contributed by atoms with Gasteiger partial charge in [0.05, 0.1) is 24.6 Å². The fourth-order valence-electron chi connectivity index (χ4n) is 3.28. The van der Waals surface area contributed by atoms with Crippen molar-refractivity contribution >= 4 is 11.7 Å². The van der Waals surface area contributed by atoms with E-state index in [0.29, 0.717) is 12.5 Å². The van der Waals surface area contributed by atoms with Crippen LogP contribution in [0.5, 0.6) is 5.75 Å². The first kappa shape index (κ1) is 18.7. The molecule has 0 aromatic carbocycles. The second-order valence-electron chi connectivity index (χ2n) is 7.24. The maximum absolute atomic E-state index is 11.9. The summed E-state index contributed by atoms with van der Waals surface area (Å²) < 4.78 is 11.2. The maximum atomic E-state index is 11.9. The molecule has 0 spiro atoms. The summed E-state index contributed by atoms with van der Waals surface area (Å²) >= 11 is 0. The van der Waals surface area contributed by atoms with Gasteiger partial charge in [0.15, 0.2) is 0 Å². The lowest BCUT2D eigenvalue weighted by molar-refractivity contribution is 0.0608. The van der Waals surface area contributed by atoms with Crippen LogP contribution in [0, 0.1) is 5.92 Å². The predicted molar refractivity (Wildman–Crippen MR) is 101 cm³/mol. The van der Waals surface area contributed by atoms with Gasteiger partial charge in [-0.2, -0.15) is 0 Å². The molecule has 1 aromatic heterocycles. The molecule has 2 aliphatic heterocycles. The molecule has 6 heteroatoms. The van der Waals surface area contributed by atoms with Crippen molar-refractivity contribution in [2.45, 2.75) is 39.2 Å². The fraction of sp³-hybridized carbons (Fsp3) is 0.600. The Morgan fingerprint density at radius 1 is 1.35 bits per heavy atom. The minimum absolute atomic E-state index is 0.0698. The minimum Gasteiger partial charge on any atom is -0.492 e. The number of likely N-dealkylation sites (tertiary alicyclic amines) is 1. The molecule has 1 N–H and O–H groups in total. The molecule has 1 amide bonds. The van der Waals surface area contributed by atoms with E-state index in [4.69, 9.17) is 9.47 Å². The molecule has 0 aliphatic carbocycles. The van der Waals surface area contributed by atoms with Gasteiger partial charge in [0.25, 0.3) is 0 Å². The normalized spacial score (nSPS) is 18.6. The average Bonchev–Trinajstić information content (AvgIpc) is 2.67. The minimum atomic E-state index is -0.202. The Morgan fingerprint density at radius 2 is 2.15 bits per heavy atom. The van der Waals surface area contributed by atoms with Gasteiger partial charge in [-0.1, -0.05) is 6.08 Å². The monoisotopic (exact) mass is 359 g/mol. The van der Waals surface area contributed by atoms with E-state index < -0.39 is 0 Å². The SMILES string of the molecule is CC(C)OC(=O)N1CCC(COc2ccc(C3=CCNCC3)nc2)CC1. The number of rotatable bonds is 5. The van der Waals surface area contributed by atoms with Crippen molar-refractivity contribution in [2.24, 2.45) is 5.92 Å². The number of ether oxygens (including phenoxy) is 2. The molecule has 0 radical (unpaired) electrons. The van der Waals surface area contributed by atoms with Gasteiger partial charge in [-0.15, -0.1) is 0 Å². The van der Waals surface area contributed by atoms with Crippen LogP contribution in [0.25, 0.3) is 5.57 Å². The maximum Gasteiger partial charge on any atom is 0.410 e. The average molecular weight is 359 g/mol. The summed E-state index contributed by atoms with van der Waals surface area (Å²) in [5, 5.41) is 3.31. The first-order valence-corrected chi connectivity index (χ1v) is 9.56. The summed E-state index contributed by atoms with van der Waals surface area (Å²) in [6.07, 6.45) is 6.64. The molecular weight excluding hydrogens is 330 g/mol. The number of piperidine rings is 1. The summed E-state index contributed by atoms with van der Waals surface area (Å²) in [7, 11) is 0. The summed E-state index contributed by atoms with van der Waals surface area (Å²) in [5.41, 5.74) is 2.34. The molecule has 142 valence electrons. The van der Waals surface area contributed by atoms with Crippen molar-refractivity contribution in [3.63, 3.8) is 0 Å². The molecule has 0 atom stereocenters. The van der Waals surface area contributed by atoms with Crippen molar-refractivity contribution < 1.29 is 14.3 Å². The van der Waals surface area contributed by atoms with Crippen molar-refractivity contribution in [1.29, 1.82) is 0 Å². The molecule has 2 aliphatic rings. The Bertz CT molecular complexity index is 620. The lowest BCUT2D eigenvalue weighted by Crippen LogP contribution is -2.40. The van der Waals surface area contributed by atoms with Crippen molar-refractivity contribution in [3.8, 4) is 5.75 Å². The molecule has 0 saturated carbocycles. The Hall–Kier alpha value is -2.08. The highest BCUT2D eigenvalue weighted by atomic mass is 16.6. The molecule has 1 fully saturated rings. The molecule has 0 unspecified atom stereocenters. The zero-order chi connectivity index (χ0) is 18.4. The van der Waals surface area contributed by atoms with Gasteiger partial charge in [-0.05, 0) is 63.3 Å². The van der Waals surface area contributed by atoms with Crippen LogP contribution in [-0.4, -0.2) is 54.9 Å². The van der Waals surface area contributed by atoms with Gasteiger partial charge in [-0.25, -0.2) is 4.79 Å². The molecule has 6 nitrogen and oxygen atoms in total. The van der Waals surface area contributed by atoms with E-state index in [9.17, 15) is 4.79 Å². The summed E-state index contributed by atoms with van der Waals surface area (Å²) in [5.74, 6) is 1.27. The van der Waals surface area contributed by atoms with E-state index in [1.54, 1.807) is 4.90 Å². The molecule has 1 saturated heterocycles. The van der Waals surface area contributed by atoms with Crippen LogP contribution in [-0.2, 0) is 4.74 Å². The van der Waals surface area contributed by atoms with Crippen LogP contribution >= 0.6 is 0 Å². The smallest absolute Gasteiger partial charge is 0.410 e. The number of carbonyl (C=O) groups excluding carboxylic acids is 1. The Morgan fingerprint density at radius 3 is 2.77 bits per heavy atom. The fourth-order valence-corrected chi connectivity index (χ4v) is 3.28. The van der Waals surface area contributed by atoms with Crippen LogP contribution < -0.4 is 10.1 Å². The van der Waals surface area contributed by atoms with Gasteiger partial charge in [0.1, 0.15) is 5.75 Å². The van der Waals surface area contributed by atoms with Crippen LogP contribution in [0.3, 0.4) is 0 Å². The summed E-state index contributed by atoms with van der Waals surface area (Å²) in [6.45, 7) is 7.81. The predicted octanol–water partition coefficient (Wildman–Crippen LogP) is 3.09. The topological polar surface area (TPSA) is 63.7 Å². The number of nitrogens with zero attached hydrogens (tertiary/aromatic N) is 2. The Balaban J connectivity index is 1.42. The lowest BCUT2D eigenvalue weighted by atomic mass is 9.98. The summed E-state index contributed by atoms with van der Waals surface area (Å²) in [6, 6.07) is 4.04. The third kappa shape index (κ3) is 5.21. The molecular formula is C20H29N3O3. The molecule has 26 heavy (non-hydrogen) atoms. The van der Waals surface area contributed by atoms with Crippen molar-refractivity contribution in [1.82, 2.24) is 15.2 Å². The standard InChI is InChI=1S/C20H29N3O3/c1-15(2)26-20(24)23-11-7-16(8-12-23)14-25-18-3-4-19(22-13-18)17-5-9-21-10-6-17/h3-5,13,15-16,21H,6-12,14H2,1-2H3. The second kappa shape index (κ2) is 9.03. The Labute approximate surface area is 155 Å². The number of hydrogen-bond acceptors (Lipinski definition) is 5. The van der Waals surface area contributed by atoms with E-state index in [1.807, 2.05) is 32.2 Å². The quantitative estimate of drug-likeness (QED) is 0.875. The summed E-state index contributed by atoms with van der Waals surface area (Å²) in [4.78, 5) is 18.2. The second-order valence-corrected chi connectivity index (χ2v) is 7.24. The number of amides is 1. The van der Waals surface area contributed by atoms with Crippen LogP contribution in [0.2, 0.25) is 0 Å². The number of nitrogens with one attached hydrogen (secondary N) is 1. The van der Waals surface area contributed by atoms with E-state index >= 15 is 0 Å².